The summed E-state index contributed by atoms with van der Waals surface area (Å²) in [6, 6.07) is 15.1. The van der Waals surface area contributed by atoms with Crippen LogP contribution in [-0.4, -0.2) is 29.0 Å². The van der Waals surface area contributed by atoms with Crippen LogP contribution in [0.5, 0.6) is 11.5 Å². The number of phenols is 1. The molecule has 0 spiro atoms. The molecule has 2 aromatic carbocycles. The summed E-state index contributed by atoms with van der Waals surface area (Å²) in [6.45, 7) is 9.07. The van der Waals surface area contributed by atoms with E-state index in [-0.39, 0.29) is 17.8 Å². The summed E-state index contributed by atoms with van der Waals surface area (Å²) >= 11 is 0. The number of ether oxygens (including phenoxy) is 1. The summed E-state index contributed by atoms with van der Waals surface area (Å²) in [6.07, 6.45) is 1.43. The number of hydrogen-bond acceptors (Lipinski definition) is 3. The topological polar surface area (TPSA) is 49.8 Å². The highest BCUT2D eigenvalue weighted by Crippen LogP contribution is 2.32. The first-order valence-corrected chi connectivity index (χ1v) is 8.98. The van der Waals surface area contributed by atoms with E-state index in [1.54, 1.807) is 23.1 Å². The van der Waals surface area contributed by atoms with E-state index >= 15 is 0 Å². The fraction of sp³-hybridized carbons (Fsp3) is 0.318. The number of nitrogens with zero attached hydrogens (tertiary/aromatic N) is 1. The number of carbonyl (C=O) groups excluding carboxylic acids is 1. The van der Waals surface area contributed by atoms with Gasteiger partial charge in [-0.1, -0.05) is 36.4 Å². The van der Waals surface area contributed by atoms with Crippen molar-refractivity contribution in [3.05, 3.63) is 65.7 Å². The number of hydrogen-bond donors (Lipinski definition) is 1. The van der Waals surface area contributed by atoms with Crippen molar-refractivity contribution in [2.75, 3.05) is 13.1 Å². The molecule has 26 heavy (non-hydrogen) atoms. The van der Waals surface area contributed by atoms with Crippen molar-refractivity contribution < 1.29 is 14.6 Å². The van der Waals surface area contributed by atoms with Crippen molar-refractivity contribution in [2.24, 2.45) is 0 Å². The SMILES string of the molecule is CCN(CC)C(=O)/C=C(\C)c1ccc(OC(C)c2ccccc2)c(O)c1. The van der Waals surface area contributed by atoms with Crippen LogP contribution in [0.15, 0.2) is 54.6 Å². The lowest BCUT2D eigenvalue weighted by Gasteiger charge is -2.18. The molecule has 4 heteroatoms. The van der Waals surface area contributed by atoms with Crippen molar-refractivity contribution >= 4 is 11.5 Å². The fourth-order valence-electron chi connectivity index (χ4n) is 2.74. The zero-order valence-electron chi connectivity index (χ0n) is 15.9. The Hall–Kier alpha value is -2.75. The van der Waals surface area contributed by atoms with Gasteiger partial charge in [0.05, 0.1) is 0 Å². The molecule has 0 heterocycles. The van der Waals surface area contributed by atoms with Gasteiger partial charge in [0.1, 0.15) is 6.10 Å². The second-order valence-corrected chi connectivity index (χ2v) is 6.19. The third-order valence-electron chi connectivity index (χ3n) is 4.40. The fourth-order valence-corrected chi connectivity index (χ4v) is 2.74. The number of rotatable bonds is 7. The van der Waals surface area contributed by atoms with Gasteiger partial charge in [-0.05, 0) is 56.5 Å². The van der Waals surface area contributed by atoms with Gasteiger partial charge >= 0.3 is 0 Å². The van der Waals surface area contributed by atoms with Crippen LogP contribution in [0.1, 0.15) is 44.9 Å². The number of benzene rings is 2. The predicted octanol–water partition coefficient (Wildman–Crippen LogP) is 4.80. The maximum Gasteiger partial charge on any atom is 0.246 e. The van der Waals surface area contributed by atoms with Crippen LogP contribution in [0, 0.1) is 0 Å². The van der Waals surface area contributed by atoms with E-state index in [0.717, 1.165) is 16.7 Å². The maximum atomic E-state index is 12.2. The summed E-state index contributed by atoms with van der Waals surface area (Å²) in [4.78, 5) is 14.0. The van der Waals surface area contributed by atoms with E-state index in [2.05, 4.69) is 0 Å². The van der Waals surface area contributed by atoms with Crippen LogP contribution in [-0.2, 0) is 4.79 Å². The number of allylic oxidation sites excluding steroid dienone is 1. The van der Waals surface area contributed by atoms with E-state index in [1.807, 2.05) is 64.1 Å². The van der Waals surface area contributed by atoms with Crippen LogP contribution in [0.4, 0.5) is 0 Å². The quantitative estimate of drug-likeness (QED) is 0.727. The van der Waals surface area contributed by atoms with Gasteiger partial charge in [-0.2, -0.15) is 0 Å². The molecule has 4 nitrogen and oxygen atoms in total. The van der Waals surface area contributed by atoms with Crippen LogP contribution >= 0.6 is 0 Å². The molecule has 1 unspecified atom stereocenters. The zero-order chi connectivity index (χ0) is 19.1. The zero-order valence-corrected chi connectivity index (χ0v) is 15.9. The van der Waals surface area contributed by atoms with Crippen molar-refractivity contribution in [2.45, 2.75) is 33.8 Å². The highest BCUT2D eigenvalue weighted by atomic mass is 16.5. The Morgan fingerprint density at radius 3 is 2.38 bits per heavy atom. The standard InChI is InChI=1S/C22H27NO3/c1-5-23(6-2)22(25)14-16(3)19-12-13-21(20(24)15-19)26-17(4)18-10-8-7-9-11-18/h7-15,17,24H,5-6H2,1-4H3/b16-14+. The number of likely N-dealkylation sites (N-methyl/N-ethyl adjacent to an activating group) is 1. The Labute approximate surface area is 155 Å². The van der Waals surface area contributed by atoms with E-state index in [1.165, 1.54) is 0 Å². The molecular weight excluding hydrogens is 326 g/mol. The first kappa shape index (κ1) is 19.6. The van der Waals surface area contributed by atoms with E-state index in [0.29, 0.717) is 18.8 Å². The first-order valence-electron chi connectivity index (χ1n) is 8.98. The van der Waals surface area contributed by atoms with Crippen LogP contribution in [0.3, 0.4) is 0 Å². The van der Waals surface area contributed by atoms with Crippen LogP contribution in [0.2, 0.25) is 0 Å². The smallest absolute Gasteiger partial charge is 0.246 e. The van der Waals surface area contributed by atoms with Crippen LogP contribution in [0.25, 0.3) is 5.57 Å². The minimum Gasteiger partial charge on any atom is -0.504 e. The Morgan fingerprint density at radius 2 is 1.81 bits per heavy atom. The van der Waals surface area contributed by atoms with Gasteiger partial charge in [0.25, 0.3) is 0 Å². The van der Waals surface area contributed by atoms with E-state index < -0.39 is 0 Å². The van der Waals surface area contributed by atoms with Crippen molar-refractivity contribution in [3.8, 4) is 11.5 Å². The third kappa shape index (κ3) is 4.88. The van der Waals surface area contributed by atoms with Gasteiger partial charge in [0, 0.05) is 19.2 Å². The van der Waals surface area contributed by atoms with E-state index in [4.69, 9.17) is 4.74 Å². The summed E-state index contributed by atoms with van der Waals surface area (Å²) in [5, 5.41) is 10.3. The lowest BCUT2D eigenvalue weighted by molar-refractivity contribution is -0.125. The molecule has 0 radical (unpaired) electrons. The molecule has 138 valence electrons. The molecule has 0 bridgehead atoms. The molecule has 1 N–H and O–H groups in total. The second kappa shape index (κ2) is 9.09. The highest BCUT2D eigenvalue weighted by Gasteiger charge is 2.12. The molecule has 0 aliphatic heterocycles. The molecule has 0 aromatic heterocycles. The Balaban J connectivity index is 2.15. The van der Waals surface area contributed by atoms with Crippen molar-refractivity contribution in [1.29, 1.82) is 0 Å². The van der Waals surface area contributed by atoms with Crippen LogP contribution < -0.4 is 4.74 Å². The molecule has 0 saturated carbocycles. The first-order chi connectivity index (χ1) is 12.5. The summed E-state index contributed by atoms with van der Waals surface area (Å²) in [5.74, 6) is 0.464. The Morgan fingerprint density at radius 1 is 1.15 bits per heavy atom. The largest absolute Gasteiger partial charge is 0.504 e. The number of phenolic OH excluding ortho intramolecular Hbond substituents is 1. The minimum atomic E-state index is -0.172. The molecule has 0 aliphatic carbocycles. The van der Waals surface area contributed by atoms with Gasteiger partial charge in [-0.3, -0.25) is 4.79 Å². The Kier molecular flexibility index (Phi) is 6.84. The molecule has 0 fully saturated rings. The molecule has 0 saturated heterocycles. The molecule has 1 atom stereocenters. The lowest BCUT2D eigenvalue weighted by atomic mass is 10.1. The number of aromatic hydroxyl groups is 1. The monoisotopic (exact) mass is 353 g/mol. The number of amides is 1. The maximum absolute atomic E-state index is 12.2. The van der Waals surface area contributed by atoms with Gasteiger partial charge < -0.3 is 14.7 Å². The lowest BCUT2D eigenvalue weighted by Crippen LogP contribution is -2.28. The average molecular weight is 353 g/mol. The molecule has 2 rings (SSSR count). The molecule has 2 aromatic rings. The van der Waals surface area contributed by atoms with Crippen molar-refractivity contribution in [3.63, 3.8) is 0 Å². The molecule has 1 amide bonds. The normalized spacial score (nSPS) is 12.5. The van der Waals surface area contributed by atoms with Gasteiger partial charge in [0.2, 0.25) is 5.91 Å². The summed E-state index contributed by atoms with van der Waals surface area (Å²) < 4.78 is 5.88. The van der Waals surface area contributed by atoms with Crippen molar-refractivity contribution in [1.82, 2.24) is 4.90 Å². The van der Waals surface area contributed by atoms with Gasteiger partial charge in [0.15, 0.2) is 11.5 Å². The van der Waals surface area contributed by atoms with Gasteiger partial charge in [-0.25, -0.2) is 0 Å². The second-order valence-electron chi connectivity index (χ2n) is 6.19. The highest BCUT2D eigenvalue weighted by molar-refractivity contribution is 5.95. The third-order valence-corrected chi connectivity index (χ3v) is 4.40. The summed E-state index contributed by atoms with van der Waals surface area (Å²) in [5.41, 5.74) is 2.64. The minimum absolute atomic E-state index is 0.0231. The predicted molar refractivity (Wildman–Crippen MR) is 105 cm³/mol. The molecule has 0 aliphatic rings. The molecular formula is C22H27NO3. The number of carbonyl (C=O) groups is 1. The average Bonchev–Trinajstić information content (AvgIpc) is 2.65. The van der Waals surface area contributed by atoms with Gasteiger partial charge in [-0.15, -0.1) is 0 Å². The Bertz CT molecular complexity index is 764. The van der Waals surface area contributed by atoms with E-state index in [9.17, 15) is 9.90 Å². The summed E-state index contributed by atoms with van der Waals surface area (Å²) in [7, 11) is 0.